The number of nitrogens with one attached hydrogen (secondary N) is 1. The van der Waals surface area contributed by atoms with E-state index in [2.05, 4.69) is 72.1 Å². The van der Waals surface area contributed by atoms with E-state index in [1.54, 1.807) is 0 Å². The van der Waals surface area contributed by atoms with Crippen LogP contribution in [0.1, 0.15) is 68.9 Å². The van der Waals surface area contributed by atoms with Gasteiger partial charge in [0.1, 0.15) is 6.10 Å². The molecule has 0 aliphatic carbocycles. The fourth-order valence-electron chi connectivity index (χ4n) is 4.51. The molecule has 3 aromatic carbocycles. The van der Waals surface area contributed by atoms with Crippen molar-refractivity contribution in [2.45, 2.75) is 59.0 Å². The predicted octanol–water partition coefficient (Wildman–Crippen LogP) is 9.39. The Morgan fingerprint density at radius 1 is 0.889 bits per heavy atom. The molecule has 4 nitrogen and oxygen atoms in total. The Labute approximate surface area is 218 Å². The highest BCUT2D eigenvalue weighted by Gasteiger charge is 2.18. The van der Waals surface area contributed by atoms with Crippen LogP contribution in [0.15, 0.2) is 78.9 Å². The van der Waals surface area contributed by atoms with Gasteiger partial charge in [0.25, 0.3) is 0 Å². The van der Waals surface area contributed by atoms with Gasteiger partial charge < -0.3 is 4.74 Å². The number of aryl methyl sites for hydroxylation is 1. The second-order valence-electron chi connectivity index (χ2n) is 9.15. The van der Waals surface area contributed by atoms with Crippen molar-refractivity contribution in [2.24, 2.45) is 0 Å². The van der Waals surface area contributed by atoms with Crippen LogP contribution in [-0.2, 0) is 4.74 Å². The van der Waals surface area contributed by atoms with Crippen molar-refractivity contribution in [1.82, 2.24) is 4.37 Å². The molecule has 5 heteroatoms. The summed E-state index contributed by atoms with van der Waals surface area (Å²) in [5.74, 6) is 0.634. The van der Waals surface area contributed by atoms with Crippen LogP contribution in [0.3, 0.4) is 0 Å². The van der Waals surface area contributed by atoms with Gasteiger partial charge in [-0.1, -0.05) is 99.1 Å². The molecule has 4 aromatic rings. The van der Waals surface area contributed by atoms with Crippen LogP contribution < -0.4 is 5.32 Å². The summed E-state index contributed by atoms with van der Waals surface area (Å²) in [6.07, 6.45) is 2.78. The first-order valence-corrected chi connectivity index (χ1v) is 13.5. The molecule has 0 saturated heterocycles. The molecular weight excluding hydrogens is 464 g/mol. The summed E-state index contributed by atoms with van der Waals surface area (Å²) < 4.78 is 10.1. The smallest absolute Gasteiger partial charge is 0.412 e. The van der Waals surface area contributed by atoms with Gasteiger partial charge in [0.05, 0.1) is 16.3 Å². The van der Waals surface area contributed by atoms with Gasteiger partial charge in [-0.15, -0.1) is 0 Å². The van der Waals surface area contributed by atoms with E-state index in [9.17, 15) is 4.79 Å². The first-order valence-electron chi connectivity index (χ1n) is 12.7. The zero-order valence-corrected chi connectivity index (χ0v) is 22.3. The van der Waals surface area contributed by atoms with Crippen molar-refractivity contribution in [3.05, 3.63) is 95.7 Å². The third kappa shape index (κ3) is 6.03. The zero-order valence-electron chi connectivity index (χ0n) is 21.5. The number of rotatable bonds is 9. The van der Waals surface area contributed by atoms with Gasteiger partial charge in [0.15, 0.2) is 0 Å². The molecule has 0 aliphatic heterocycles. The van der Waals surface area contributed by atoms with Crippen LogP contribution in [0.2, 0.25) is 0 Å². The second-order valence-corrected chi connectivity index (χ2v) is 9.92. The van der Waals surface area contributed by atoms with Gasteiger partial charge in [-0.2, -0.15) is 4.37 Å². The van der Waals surface area contributed by atoms with Crippen molar-refractivity contribution in [3.8, 4) is 21.6 Å². The van der Waals surface area contributed by atoms with Gasteiger partial charge in [-0.05, 0) is 72.0 Å². The number of amides is 1. The van der Waals surface area contributed by atoms with Crippen molar-refractivity contribution >= 4 is 23.3 Å². The molecule has 1 aromatic heterocycles. The molecule has 1 amide bonds. The number of hydrogen-bond acceptors (Lipinski definition) is 4. The van der Waals surface area contributed by atoms with E-state index in [4.69, 9.17) is 4.74 Å². The molecule has 1 N–H and O–H groups in total. The van der Waals surface area contributed by atoms with Crippen LogP contribution >= 0.6 is 11.5 Å². The third-order valence-corrected chi connectivity index (χ3v) is 7.62. The maximum Gasteiger partial charge on any atom is 0.412 e. The second kappa shape index (κ2) is 12.0. The predicted molar refractivity (Wildman–Crippen MR) is 151 cm³/mol. The summed E-state index contributed by atoms with van der Waals surface area (Å²) in [4.78, 5) is 13.6. The molecule has 0 saturated carbocycles. The van der Waals surface area contributed by atoms with Gasteiger partial charge in [0, 0.05) is 0 Å². The summed E-state index contributed by atoms with van der Waals surface area (Å²) in [7, 11) is 0. The van der Waals surface area contributed by atoms with Crippen molar-refractivity contribution in [3.63, 3.8) is 0 Å². The first-order chi connectivity index (χ1) is 17.5. The average Bonchev–Trinajstić information content (AvgIpc) is 3.27. The Morgan fingerprint density at radius 2 is 1.50 bits per heavy atom. The summed E-state index contributed by atoms with van der Waals surface area (Å²) >= 11 is 1.38. The average molecular weight is 499 g/mol. The van der Waals surface area contributed by atoms with Crippen LogP contribution in [0, 0.1) is 6.92 Å². The van der Waals surface area contributed by atoms with Gasteiger partial charge in [0.2, 0.25) is 0 Å². The van der Waals surface area contributed by atoms with E-state index in [1.165, 1.54) is 47.5 Å². The minimum Gasteiger partial charge on any atom is -0.441 e. The minimum absolute atomic E-state index is 0.346. The summed E-state index contributed by atoms with van der Waals surface area (Å²) in [6, 6.07) is 27.1. The molecule has 0 radical (unpaired) electrons. The summed E-state index contributed by atoms with van der Waals surface area (Å²) in [5, 5.41) is 2.92. The molecule has 0 aliphatic rings. The van der Waals surface area contributed by atoms with E-state index < -0.39 is 6.09 Å². The highest BCUT2D eigenvalue weighted by Crippen LogP contribution is 2.36. The lowest BCUT2D eigenvalue weighted by Crippen LogP contribution is -2.16. The highest BCUT2D eigenvalue weighted by molar-refractivity contribution is 7.10. The van der Waals surface area contributed by atoms with E-state index in [0.717, 1.165) is 21.7 Å². The maximum atomic E-state index is 12.7. The molecule has 36 heavy (non-hydrogen) atoms. The standard InChI is InChI=1S/C31H34N2O2S/c1-5-10-23(6-2)25-13-15-26(16-14-25)27-17-19-28(20-18-27)30-29(21(3)33-36-30)32-31(34)35-22(4)24-11-8-7-9-12-24/h7-9,11-20,22-23H,5-6,10H2,1-4H3,(H,32,34). The van der Waals surface area contributed by atoms with E-state index in [0.29, 0.717) is 11.6 Å². The first kappa shape index (κ1) is 25.6. The van der Waals surface area contributed by atoms with Crippen LogP contribution in [-0.4, -0.2) is 10.5 Å². The van der Waals surface area contributed by atoms with E-state index >= 15 is 0 Å². The molecular formula is C31H34N2O2S. The number of carbonyl (C=O) groups excluding carboxylic acids is 1. The normalized spacial score (nSPS) is 12.7. The molecule has 1 heterocycles. The van der Waals surface area contributed by atoms with Gasteiger partial charge in [-0.3, -0.25) is 5.32 Å². The summed E-state index contributed by atoms with van der Waals surface area (Å²) in [6.45, 7) is 8.28. The number of benzene rings is 3. The lowest BCUT2D eigenvalue weighted by atomic mass is 9.91. The van der Waals surface area contributed by atoms with Crippen molar-refractivity contribution in [1.29, 1.82) is 0 Å². The lowest BCUT2D eigenvalue weighted by Gasteiger charge is -2.15. The number of carbonyl (C=O) groups is 1. The number of aromatic nitrogens is 1. The maximum absolute atomic E-state index is 12.7. The number of nitrogens with zero attached hydrogens (tertiary/aromatic N) is 1. The van der Waals surface area contributed by atoms with Gasteiger partial charge >= 0.3 is 6.09 Å². The molecule has 0 fully saturated rings. The van der Waals surface area contributed by atoms with Crippen LogP contribution in [0.25, 0.3) is 21.6 Å². The molecule has 0 bridgehead atoms. The Bertz CT molecular complexity index is 1260. The van der Waals surface area contributed by atoms with E-state index in [-0.39, 0.29) is 6.10 Å². The topological polar surface area (TPSA) is 51.2 Å². The largest absolute Gasteiger partial charge is 0.441 e. The third-order valence-electron chi connectivity index (χ3n) is 6.64. The number of ether oxygens (including phenoxy) is 1. The Kier molecular flexibility index (Phi) is 8.55. The fourth-order valence-corrected chi connectivity index (χ4v) is 5.37. The molecule has 4 rings (SSSR count). The number of hydrogen-bond donors (Lipinski definition) is 1. The minimum atomic E-state index is -0.485. The molecule has 0 spiro atoms. The Morgan fingerprint density at radius 3 is 2.11 bits per heavy atom. The SMILES string of the molecule is CCCC(CC)c1ccc(-c2ccc(-c3snc(C)c3NC(=O)OC(C)c3ccccc3)cc2)cc1. The van der Waals surface area contributed by atoms with Gasteiger partial charge in [-0.25, -0.2) is 4.79 Å². The lowest BCUT2D eigenvalue weighted by molar-refractivity contribution is 0.121. The Balaban J connectivity index is 1.47. The monoisotopic (exact) mass is 498 g/mol. The highest BCUT2D eigenvalue weighted by atomic mass is 32.1. The fraction of sp³-hybridized carbons (Fsp3) is 0.290. The van der Waals surface area contributed by atoms with Crippen LogP contribution in [0.5, 0.6) is 0 Å². The van der Waals surface area contributed by atoms with Crippen molar-refractivity contribution < 1.29 is 9.53 Å². The molecule has 2 unspecified atom stereocenters. The summed E-state index contributed by atoms with van der Waals surface area (Å²) in [5.41, 5.74) is 7.23. The quantitative estimate of drug-likeness (QED) is 0.250. The van der Waals surface area contributed by atoms with Crippen molar-refractivity contribution in [2.75, 3.05) is 5.32 Å². The number of anilines is 1. The van der Waals surface area contributed by atoms with Crippen LogP contribution in [0.4, 0.5) is 10.5 Å². The molecule has 186 valence electrons. The van der Waals surface area contributed by atoms with E-state index in [1.807, 2.05) is 44.2 Å². The Hall–Kier alpha value is -3.44. The zero-order chi connectivity index (χ0) is 25.5. The molecule has 2 atom stereocenters.